The highest BCUT2D eigenvalue weighted by Gasteiger charge is 2.52. The molecule has 2 aliphatic rings. The van der Waals surface area contributed by atoms with Crippen LogP contribution in [0.2, 0.25) is 0 Å². The quantitative estimate of drug-likeness (QED) is 0.658. The molecule has 27 heavy (non-hydrogen) atoms. The molecule has 140 valence electrons. The SMILES string of the molecule is CC#Cc1cncc(-c2ccc3c(c2)C(C)(C)C2(CCC(OC)CC2)C3)c1. The molecule has 2 heteroatoms. The Morgan fingerprint density at radius 2 is 1.85 bits per heavy atom. The maximum absolute atomic E-state index is 5.63. The van der Waals surface area contributed by atoms with Crippen molar-refractivity contribution in [3.05, 3.63) is 53.3 Å². The van der Waals surface area contributed by atoms with Crippen LogP contribution in [-0.4, -0.2) is 18.2 Å². The first-order chi connectivity index (χ1) is 13.0. The summed E-state index contributed by atoms with van der Waals surface area (Å²) in [7, 11) is 1.86. The van der Waals surface area contributed by atoms with E-state index in [1.807, 2.05) is 26.4 Å². The summed E-state index contributed by atoms with van der Waals surface area (Å²) in [6, 6.07) is 9.16. The molecule has 2 aliphatic carbocycles. The van der Waals surface area contributed by atoms with Crippen LogP contribution < -0.4 is 0 Å². The van der Waals surface area contributed by atoms with Gasteiger partial charge in [-0.05, 0) is 72.6 Å². The van der Waals surface area contributed by atoms with Gasteiger partial charge >= 0.3 is 0 Å². The molecule has 0 atom stereocenters. The molecule has 4 rings (SSSR count). The van der Waals surface area contributed by atoms with E-state index in [0.717, 1.165) is 11.1 Å². The molecule has 0 amide bonds. The lowest BCUT2D eigenvalue weighted by atomic mass is 9.59. The third-order valence-electron chi connectivity index (χ3n) is 7.20. The van der Waals surface area contributed by atoms with E-state index < -0.39 is 0 Å². The minimum absolute atomic E-state index is 0.186. The van der Waals surface area contributed by atoms with Gasteiger partial charge in [0, 0.05) is 30.6 Å². The Morgan fingerprint density at radius 1 is 1.07 bits per heavy atom. The molecule has 0 aliphatic heterocycles. The first-order valence-corrected chi connectivity index (χ1v) is 10.0. The Labute approximate surface area is 163 Å². The lowest BCUT2D eigenvalue weighted by molar-refractivity contribution is 0.00355. The lowest BCUT2D eigenvalue weighted by Gasteiger charge is -2.46. The van der Waals surface area contributed by atoms with Crippen molar-refractivity contribution in [2.45, 2.75) is 64.4 Å². The molecule has 2 nitrogen and oxygen atoms in total. The smallest absolute Gasteiger partial charge is 0.0571 e. The molecule has 0 bridgehead atoms. The van der Waals surface area contributed by atoms with Gasteiger partial charge < -0.3 is 4.74 Å². The van der Waals surface area contributed by atoms with E-state index in [-0.39, 0.29) is 5.41 Å². The van der Waals surface area contributed by atoms with E-state index >= 15 is 0 Å². The van der Waals surface area contributed by atoms with Crippen LogP contribution in [0.25, 0.3) is 11.1 Å². The Hall–Kier alpha value is -2.11. The van der Waals surface area contributed by atoms with Gasteiger partial charge in [0.2, 0.25) is 0 Å². The summed E-state index contributed by atoms with van der Waals surface area (Å²) in [6.07, 6.45) is 10.3. The van der Waals surface area contributed by atoms with Crippen molar-refractivity contribution in [1.82, 2.24) is 4.98 Å². The van der Waals surface area contributed by atoms with Crippen LogP contribution in [0.4, 0.5) is 0 Å². The largest absolute Gasteiger partial charge is 0.381 e. The zero-order valence-electron chi connectivity index (χ0n) is 16.9. The number of benzene rings is 1. The summed E-state index contributed by atoms with van der Waals surface area (Å²) < 4.78 is 5.63. The summed E-state index contributed by atoms with van der Waals surface area (Å²) in [5, 5.41) is 0. The minimum Gasteiger partial charge on any atom is -0.381 e. The molecule has 1 fully saturated rings. The van der Waals surface area contributed by atoms with Gasteiger partial charge in [-0.1, -0.05) is 38.0 Å². The van der Waals surface area contributed by atoms with Crippen molar-refractivity contribution in [2.75, 3.05) is 7.11 Å². The predicted molar refractivity (Wildman–Crippen MR) is 111 cm³/mol. The van der Waals surface area contributed by atoms with E-state index in [9.17, 15) is 0 Å². The van der Waals surface area contributed by atoms with E-state index in [1.54, 1.807) is 0 Å². The number of pyridine rings is 1. The topological polar surface area (TPSA) is 22.1 Å². The lowest BCUT2D eigenvalue weighted by Crippen LogP contribution is -2.42. The Balaban J connectivity index is 1.69. The second-order valence-electron chi connectivity index (χ2n) is 8.73. The van der Waals surface area contributed by atoms with Crippen molar-refractivity contribution in [2.24, 2.45) is 5.41 Å². The van der Waals surface area contributed by atoms with Crippen molar-refractivity contribution in [1.29, 1.82) is 0 Å². The normalized spacial score (nSPS) is 25.7. The molecular formula is C25H29NO. The number of methoxy groups -OCH3 is 1. The van der Waals surface area contributed by atoms with Crippen LogP contribution in [0.5, 0.6) is 0 Å². The number of nitrogens with zero attached hydrogens (tertiary/aromatic N) is 1. The summed E-state index contributed by atoms with van der Waals surface area (Å²) in [5.74, 6) is 6.08. The molecule has 0 radical (unpaired) electrons. The van der Waals surface area contributed by atoms with Crippen LogP contribution >= 0.6 is 0 Å². The summed E-state index contributed by atoms with van der Waals surface area (Å²) in [4.78, 5) is 4.39. The van der Waals surface area contributed by atoms with Crippen molar-refractivity contribution in [3.8, 4) is 23.0 Å². The van der Waals surface area contributed by atoms with Crippen molar-refractivity contribution < 1.29 is 4.74 Å². The third-order valence-corrected chi connectivity index (χ3v) is 7.20. The highest BCUT2D eigenvalue weighted by atomic mass is 16.5. The number of aromatic nitrogens is 1. The van der Waals surface area contributed by atoms with E-state index in [2.05, 4.69) is 54.9 Å². The van der Waals surface area contributed by atoms with Gasteiger partial charge in [0.1, 0.15) is 0 Å². The number of rotatable bonds is 2. The fraction of sp³-hybridized carbons (Fsp3) is 0.480. The number of hydrogen-bond donors (Lipinski definition) is 0. The van der Waals surface area contributed by atoms with E-state index in [4.69, 9.17) is 4.74 Å². The van der Waals surface area contributed by atoms with E-state index in [1.165, 1.54) is 48.8 Å². The number of ether oxygens (including phenoxy) is 1. The summed E-state index contributed by atoms with van der Waals surface area (Å²) in [5.41, 5.74) is 6.97. The molecule has 1 aromatic heterocycles. The molecule has 1 heterocycles. The third kappa shape index (κ3) is 2.99. The van der Waals surface area contributed by atoms with Crippen molar-refractivity contribution >= 4 is 0 Å². The Bertz CT molecular complexity index is 907. The monoisotopic (exact) mass is 359 g/mol. The zero-order valence-corrected chi connectivity index (χ0v) is 16.9. The first-order valence-electron chi connectivity index (χ1n) is 10.0. The molecule has 0 unspecified atom stereocenters. The van der Waals surface area contributed by atoms with Gasteiger partial charge in [0.05, 0.1) is 6.10 Å². The maximum atomic E-state index is 5.63. The second-order valence-corrected chi connectivity index (χ2v) is 8.73. The Kier molecular flexibility index (Phi) is 4.60. The zero-order chi connectivity index (χ0) is 19.1. The summed E-state index contributed by atoms with van der Waals surface area (Å²) in [6.45, 7) is 6.77. The molecule has 0 saturated heterocycles. The summed E-state index contributed by atoms with van der Waals surface area (Å²) >= 11 is 0. The maximum Gasteiger partial charge on any atom is 0.0571 e. The van der Waals surface area contributed by atoms with Gasteiger partial charge in [0.15, 0.2) is 0 Å². The average molecular weight is 360 g/mol. The molecule has 1 spiro atoms. The van der Waals surface area contributed by atoms with Gasteiger partial charge in [-0.3, -0.25) is 4.98 Å². The van der Waals surface area contributed by atoms with Gasteiger partial charge in [0.25, 0.3) is 0 Å². The van der Waals surface area contributed by atoms with E-state index in [0.29, 0.717) is 11.5 Å². The molecule has 0 N–H and O–H groups in total. The second kappa shape index (κ2) is 6.80. The number of hydrogen-bond acceptors (Lipinski definition) is 2. The standard InChI is InChI=1S/C25H29NO/c1-5-6-18-13-21(17-26-16-18)19-7-8-20-15-25(24(2,3)23(20)14-19)11-9-22(27-4)10-12-25/h7-8,13-14,16-17,22H,9-12,15H2,1-4H3. The molecular weight excluding hydrogens is 330 g/mol. The molecule has 1 aromatic carbocycles. The predicted octanol–water partition coefficient (Wildman–Crippen LogP) is 5.53. The Morgan fingerprint density at radius 3 is 2.56 bits per heavy atom. The molecule has 2 aromatic rings. The highest BCUT2D eigenvalue weighted by Crippen LogP contribution is 2.59. The van der Waals surface area contributed by atoms with Crippen LogP contribution in [0, 0.1) is 17.3 Å². The van der Waals surface area contributed by atoms with Crippen molar-refractivity contribution in [3.63, 3.8) is 0 Å². The fourth-order valence-electron chi connectivity index (χ4n) is 5.36. The first kappa shape index (κ1) is 18.3. The number of fused-ring (bicyclic) bond motifs is 1. The van der Waals surface area contributed by atoms with Crippen LogP contribution in [0.15, 0.2) is 36.7 Å². The minimum atomic E-state index is 0.186. The van der Waals surface area contributed by atoms with Gasteiger partial charge in [-0.25, -0.2) is 0 Å². The molecule has 1 saturated carbocycles. The van der Waals surface area contributed by atoms with Gasteiger partial charge in [-0.15, -0.1) is 5.92 Å². The van der Waals surface area contributed by atoms with Crippen LogP contribution in [-0.2, 0) is 16.6 Å². The van der Waals surface area contributed by atoms with Gasteiger partial charge in [-0.2, -0.15) is 0 Å². The van der Waals surface area contributed by atoms with Crippen LogP contribution in [0.3, 0.4) is 0 Å². The fourth-order valence-corrected chi connectivity index (χ4v) is 5.36. The average Bonchev–Trinajstić information content (AvgIpc) is 2.89. The highest BCUT2D eigenvalue weighted by molar-refractivity contribution is 5.67. The van der Waals surface area contributed by atoms with Crippen LogP contribution in [0.1, 0.15) is 63.1 Å².